The molecular formula is C14H23N3O3. The van der Waals surface area contributed by atoms with E-state index in [-0.39, 0.29) is 12.5 Å². The molecule has 1 aromatic rings. The van der Waals surface area contributed by atoms with Crippen molar-refractivity contribution in [1.82, 2.24) is 14.7 Å². The summed E-state index contributed by atoms with van der Waals surface area (Å²) >= 11 is 0. The van der Waals surface area contributed by atoms with Crippen LogP contribution in [0.15, 0.2) is 6.07 Å². The van der Waals surface area contributed by atoms with Crippen molar-refractivity contribution in [3.8, 4) is 0 Å². The molecule has 0 aliphatic carbocycles. The van der Waals surface area contributed by atoms with Crippen molar-refractivity contribution in [1.29, 1.82) is 0 Å². The van der Waals surface area contributed by atoms with E-state index in [1.54, 1.807) is 11.8 Å². The van der Waals surface area contributed by atoms with Gasteiger partial charge < -0.3 is 15.1 Å². The van der Waals surface area contributed by atoms with E-state index < -0.39 is 11.7 Å². The number of amides is 1. The molecule has 2 rings (SSSR count). The van der Waals surface area contributed by atoms with Crippen LogP contribution in [0.5, 0.6) is 0 Å². The molecule has 0 radical (unpaired) electrons. The number of rotatable bonds is 3. The minimum Gasteiger partial charge on any atom is -0.388 e. The van der Waals surface area contributed by atoms with Gasteiger partial charge in [0.1, 0.15) is 0 Å². The Balaban J connectivity index is 1.88. The molecule has 1 aliphatic heterocycles. The Hall–Kier alpha value is -1.40. The smallest absolute Gasteiger partial charge is 0.224 e. The molecule has 2 heterocycles. The van der Waals surface area contributed by atoms with E-state index in [2.05, 4.69) is 5.10 Å². The fourth-order valence-corrected chi connectivity index (χ4v) is 2.51. The largest absolute Gasteiger partial charge is 0.388 e. The third-order valence-electron chi connectivity index (χ3n) is 3.99. The second kappa shape index (κ2) is 5.54. The van der Waals surface area contributed by atoms with Crippen LogP contribution in [0.2, 0.25) is 0 Å². The number of hydrogen-bond acceptors (Lipinski definition) is 4. The van der Waals surface area contributed by atoms with Crippen molar-refractivity contribution in [2.24, 2.45) is 0 Å². The molecule has 20 heavy (non-hydrogen) atoms. The van der Waals surface area contributed by atoms with Gasteiger partial charge in [-0.3, -0.25) is 9.48 Å². The van der Waals surface area contributed by atoms with E-state index in [9.17, 15) is 15.0 Å². The molecule has 112 valence electrons. The zero-order valence-corrected chi connectivity index (χ0v) is 12.3. The van der Waals surface area contributed by atoms with Gasteiger partial charge in [0.25, 0.3) is 0 Å². The fourth-order valence-electron chi connectivity index (χ4n) is 2.51. The molecule has 2 atom stereocenters. The van der Waals surface area contributed by atoms with Gasteiger partial charge in [-0.2, -0.15) is 5.10 Å². The lowest BCUT2D eigenvalue weighted by Crippen LogP contribution is -2.55. The van der Waals surface area contributed by atoms with Gasteiger partial charge in [0.2, 0.25) is 5.91 Å². The number of aliphatic hydroxyl groups is 2. The van der Waals surface area contributed by atoms with Crippen LogP contribution in [0.4, 0.5) is 0 Å². The quantitative estimate of drug-likeness (QED) is 0.831. The number of β-amino-alcohol motifs (C(OH)–C–C–N with tert-alkyl or cyclic N) is 1. The molecule has 1 fully saturated rings. The van der Waals surface area contributed by atoms with Crippen LogP contribution in [0, 0.1) is 13.8 Å². The first kappa shape index (κ1) is 15.0. The molecule has 6 heteroatoms. The van der Waals surface area contributed by atoms with Gasteiger partial charge in [-0.05, 0) is 33.3 Å². The Morgan fingerprint density at radius 1 is 1.55 bits per heavy atom. The van der Waals surface area contributed by atoms with Gasteiger partial charge in [0, 0.05) is 31.7 Å². The lowest BCUT2D eigenvalue weighted by Gasteiger charge is -2.40. The molecule has 1 saturated heterocycles. The van der Waals surface area contributed by atoms with Crippen molar-refractivity contribution in [2.75, 3.05) is 13.1 Å². The molecule has 6 nitrogen and oxygen atoms in total. The molecule has 0 saturated carbocycles. The number of carbonyl (C=O) groups excluding carboxylic acids is 1. The van der Waals surface area contributed by atoms with E-state index in [1.165, 1.54) is 0 Å². The third kappa shape index (κ3) is 3.19. The summed E-state index contributed by atoms with van der Waals surface area (Å²) in [4.78, 5) is 13.8. The molecule has 0 aromatic carbocycles. The third-order valence-corrected chi connectivity index (χ3v) is 3.99. The summed E-state index contributed by atoms with van der Waals surface area (Å²) in [6.07, 6.45) is -0.120. The highest BCUT2D eigenvalue weighted by Crippen LogP contribution is 2.22. The topological polar surface area (TPSA) is 78.6 Å². The summed E-state index contributed by atoms with van der Waals surface area (Å²) in [6.45, 7) is 6.72. The van der Waals surface area contributed by atoms with Crippen molar-refractivity contribution in [2.45, 2.75) is 51.9 Å². The van der Waals surface area contributed by atoms with Gasteiger partial charge in [-0.15, -0.1) is 0 Å². The molecule has 1 aromatic heterocycles. The summed E-state index contributed by atoms with van der Waals surface area (Å²) < 4.78 is 1.82. The highest BCUT2D eigenvalue weighted by atomic mass is 16.3. The lowest BCUT2D eigenvalue weighted by atomic mass is 9.90. The van der Waals surface area contributed by atoms with Gasteiger partial charge in [0.05, 0.1) is 17.4 Å². The van der Waals surface area contributed by atoms with E-state index in [0.29, 0.717) is 25.9 Å². The van der Waals surface area contributed by atoms with Crippen molar-refractivity contribution in [3.05, 3.63) is 17.5 Å². The van der Waals surface area contributed by atoms with Crippen LogP contribution in [0.1, 0.15) is 31.2 Å². The highest BCUT2D eigenvalue weighted by molar-refractivity contribution is 5.76. The average molecular weight is 281 g/mol. The molecular weight excluding hydrogens is 258 g/mol. The number of likely N-dealkylation sites (tertiary alicyclic amines) is 1. The van der Waals surface area contributed by atoms with Crippen molar-refractivity contribution in [3.63, 3.8) is 0 Å². The summed E-state index contributed by atoms with van der Waals surface area (Å²) in [5.41, 5.74) is 0.892. The number of aryl methyl sites for hydroxylation is 3. The normalized spacial score (nSPS) is 26.9. The number of aliphatic hydroxyl groups excluding tert-OH is 1. The first-order chi connectivity index (χ1) is 9.29. The Labute approximate surface area is 119 Å². The zero-order chi connectivity index (χ0) is 14.9. The van der Waals surface area contributed by atoms with E-state index in [0.717, 1.165) is 11.4 Å². The zero-order valence-electron chi connectivity index (χ0n) is 12.3. The fraction of sp³-hybridized carbons (Fsp3) is 0.714. The maximum Gasteiger partial charge on any atom is 0.224 e. The van der Waals surface area contributed by atoms with Crippen LogP contribution in [0.3, 0.4) is 0 Å². The average Bonchev–Trinajstić information content (AvgIpc) is 2.68. The first-order valence-corrected chi connectivity index (χ1v) is 6.99. The summed E-state index contributed by atoms with van der Waals surface area (Å²) in [5.74, 6) is -0.00731. The maximum absolute atomic E-state index is 12.1. The van der Waals surface area contributed by atoms with Gasteiger partial charge in [-0.1, -0.05) is 0 Å². The number of hydrogen-bond donors (Lipinski definition) is 2. The second-order valence-electron chi connectivity index (χ2n) is 5.86. The number of carbonyl (C=O) groups is 1. The number of piperidine rings is 1. The standard InChI is InChI=1S/C14H23N3O3/c1-10-8-11(2)17(15-10)6-4-13(19)16-7-5-14(3,20)12(18)9-16/h8,12,18,20H,4-7,9H2,1-3H3/t12-,14+/m1/s1. The monoisotopic (exact) mass is 281 g/mol. The highest BCUT2D eigenvalue weighted by Gasteiger charge is 2.37. The SMILES string of the molecule is Cc1cc(C)n(CCC(=O)N2CC[C@](C)(O)[C@H](O)C2)n1. The molecule has 1 aliphatic rings. The predicted octanol–water partition coefficient (Wildman–Crippen LogP) is 0.234. The minimum absolute atomic E-state index is 0.00731. The van der Waals surface area contributed by atoms with Crippen LogP contribution in [0.25, 0.3) is 0 Å². The van der Waals surface area contributed by atoms with Crippen molar-refractivity contribution < 1.29 is 15.0 Å². The maximum atomic E-state index is 12.1. The molecule has 0 unspecified atom stereocenters. The summed E-state index contributed by atoms with van der Waals surface area (Å²) in [7, 11) is 0. The molecule has 0 spiro atoms. The van der Waals surface area contributed by atoms with Crippen LogP contribution in [-0.4, -0.2) is 55.6 Å². The van der Waals surface area contributed by atoms with Gasteiger partial charge >= 0.3 is 0 Å². The number of nitrogens with zero attached hydrogens (tertiary/aromatic N) is 3. The van der Waals surface area contributed by atoms with E-state index >= 15 is 0 Å². The van der Waals surface area contributed by atoms with Gasteiger partial charge in [-0.25, -0.2) is 0 Å². The first-order valence-electron chi connectivity index (χ1n) is 6.99. The van der Waals surface area contributed by atoms with Gasteiger partial charge in [0.15, 0.2) is 0 Å². The molecule has 2 N–H and O–H groups in total. The summed E-state index contributed by atoms with van der Waals surface area (Å²) in [5, 5.41) is 24.0. The Bertz CT molecular complexity index is 496. The summed E-state index contributed by atoms with van der Waals surface area (Å²) in [6, 6.07) is 1.98. The molecule has 0 bridgehead atoms. The second-order valence-corrected chi connectivity index (χ2v) is 5.86. The molecule has 1 amide bonds. The van der Waals surface area contributed by atoms with Crippen molar-refractivity contribution >= 4 is 5.91 Å². The Kier molecular flexibility index (Phi) is 4.15. The van der Waals surface area contributed by atoms with Crippen LogP contribution < -0.4 is 0 Å². The van der Waals surface area contributed by atoms with Crippen LogP contribution >= 0.6 is 0 Å². The van der Waals surface area contributed by atoms with E-state index in [4.69, 9.17) is 0 Å². The Morgan fingerprint density at radius 2 is 2.25 bits per heavy atom. The van der Waals surface area contributed by atoms with Crippen LogP contribution in [-0.2, 0) is 11.3 Å². The lowest BCUT2D eigenvalue weighted by molar-refractivity contribution is -0.146. The Morgan fingerprint density at radius 3 is 2.80 bits per heavy atom. The number of aromatic nitrogens is 2. The van der Waals surface area contributed by atoms with E-state index in [1.807, 2.05) is 24.6 Å². The minimum atomic E-state index is -1.09. The predicted molar refractivity (Wildman–Crippen MR) is 74.1 cm³/mol.